The zero-order chi connectivity index (χ0) is 11.4. The molecule has 0 heterocycles. The lowest BCUT2D eigenvalue weighted by Gasteiger charge is -2.18. The molecule has 0 bridgehead atoms. The molecule has 2 N–H and O–H groups in total. The van der Waals surface area contributed by atoms with Crippen LogP contribution in [0.15, 0.2) is 24.3 Å². The molecule has 1 aromatic carbocycles. The molecular weight excluding hydrogens is 199 g/mol. The van der Waals surface area contributed by atoms with Gasteiger partial charge in [-0.05, 0) is 18.1 Å². The van der Waals surface area contributed by atoms with Crippen molar-refractivity contribution in [3.05, 3.63) is 35.6 Å². The summed E-state index contributed by atoms with van der Waals surface area (Å²) in [5.74, 6) is -2.52. The van der Waals surface area contributed by atoms with Gasteiger partial charge in [-0.15, -0.1) is 0 Å². The zero-order valence-corrected chi connectivity index (χ0v) is 8.35. The maximum atomic E-state index is 13.3. The van der Waals surface area contributed by atoms with E-state index in [1.807, 2.05) is 0 Å². The Morgan fingerprint density at radius 3 is 2.53 bits per heavy atom. The van der Waals surface area contributed by atoms with Gasteiger partial charge in [0.2, 0.25) is 0 Å². The maximum absolute atomic E-state index is 13.3. The van der Waals surface area contributed by atoms with Crippen LogP contribution in [0.4, 0.5) is 4.39 Å². The molecule has 4 heteroatoms. The molecule has 1 aromatic rings. The highest BCUT2D eigenvalue weighted by atomic mass is 19.1. The van der Waals surface area contributed by atoms with Crippen molar-refractivity contribution in [2.75, 3.05) is 0 Å². The first-order valence-corrected chi connectivity index (χ1v) is 4.73. The fourth-order valence-corrected chi connectivity index (χ4v) is 1.56. The Morgan fingerprint density at radius 2 is 2.07 bits per heavy atom. The highest BCUT2D eigenvalue weighted by Crippen LogP contribution is 2.25. The number of aliphatic carboxylic acids is 1. The largest absolute Gasteiger partial charge is 0.479 e. The monoisotopic (exact) mass is 212 g/mol. The molecule has 0 aliphatic carbocycles. The van der Waals surface area contributed by atoms with Crippen molar-refractivity contribution >= 4 is 5.97 Å². The van der Waals surface area contributed by atoms with Crippen molar-refractivity contribution in [1.82, 2.24) is 0 Å². The Labute approximate surface area is 87.2 Å². The third-order valence-electron chi connectivity index (χ3n) is 2.38. The summed E-state index contributed by atoms with van der Waals surface area (Å²) in [6.07, 6.45) is -1.19. The first-order valence-electron chi connectivity index (χ1n) is 4.73. The molecule has 0 fully saturated rings. The lowest BCUT2D eigenvalue weighted by Crippen LogP contribution is -2.27. The smallest absolute Gasteiger partial charge is 0.333 e. The normalized spacial score (nSPS) is 14.6. The summed E-state index contributed by atoms with van der Waals surface area (Å²) < 4.78 is 13.3. The van der Waals surface area contributed by atoms with Crippen LogP contribution in [0.1, 0.15) is 24.8 Å². The Kier molecular flexibility index (Phi) is 3.80. The van der Waals surface area contributed by atoms with Gasteiger partial charge in [-0.3, -0.25) is 0 Å². The van der Waals surface area contributed by atoms with Crippen LogP contribution in [0, 0.1) is 5.82 Å². The minimum absolute atomic E-state index is 0.245. The molecular formula is C11H13FO3. The second kappa shape index (κ2) is 4.89. The molecule has 2 unspecified atom stereocenters. The van der Waals surface area contributed by atoms with Crippen LogP contribution >= 0.6 is 0 Å². The van der Waals surface area contributed by atoms with Crippen molar-refractivity contribution < 1.29 is 19.4 Å². The van der Waals surface area contributed by atoms with Crippen molar-refractivity contribution in [3.8, 4) is 0 Å². The number of aliphatic hydroxyl groups excluding tert-OH is 1. The quantitative estimate of drug-likeness (QED) is 0.799. The van der Waals surface area contributed by atoms with Crippen molar-refractivity contribution in [2.45, 2.75) is 25.4 Å². The van der Waals surface area contributed by atoms with Crippen molar-refractivity contribution in [3.63, 3.8) is 0 Å². The standard InChI is InChI=1S/C11H13FO3/c1-2-7(10(13)11(14)15)8-5-3-4-6-9(8)12/h3-7,10,13H,2H2,1H3,(H,14,15). The SMILES string of the molecule is CCC(c1ccccc1F)C(O)C(=O)O. The number of carboxylic acid groups (broad SMARTS) is 1. The minimum atomic E-state index is -1.56. The van der Waals surface area contributed by atoms with E-state index in [2.05, 4.69) is 0 Å². The van der Waals surface area contributed by atoms with Gasteiger partial charge >= 0.3 is 5.97 Å². The number of carbonyl (C=O) groups is 1. The summed E-state index contributed by atoms with van der Waals surface area (Å²) in [6, 6.07) is 5.90. The molecule has 1 rings (SSSR count). The average molecular weight is 212 g/mol. The minimum Gasteiger partial charge on any atom is -0.479 e. The van der Waals surface area contributed by atoms with Gasteiger partial charge in [0.15, 0.2) is 6.10 Å². The molecule has 2 atom stereocenters. The van der Waals surface area contributed by atoms with E-state index in [0.717, 1.165) is 0 Å². The summed E-state index contributed by atoms with van der Waals surface area (Å²) in [7, 11) is 0. The van der Waals surface area contributed by atoms with Gasteiger partial charge in [0.1, 0.15) is 5.82 Å². The molecule has 3 nitrogen and oxygen atoms in total. The van der Waals surface area contributed by atoms with E-state index >= 15 is 0 Å². The maximum Gasteiger partial charge on any atom is 0.333 e. The van der Waals surface area contributed by atoms with E-state index < -0.39 is 23.8 Å². The third kappa shape index (κ3) is 2.53. The molecule has 0 aliphatic rings. The molecule has 15 heavy (non-hydrogen) atoms. The molecule has 0 saturated carbocycles. The van der Waals surface area contributed by atoms with Crippen LogP contribution in [-0.4, -0.2) is 22.3 Å². The number of benzene rings is 1. The number of carboxylic acids is 1. The van der Waals surface area contributed by atoms with Crippen LogP contribution in [0.25, 0.3) is 0 Å². The number of aliphatic hydroxyl groups is 1. The van der Waals surface area contributed by atoms with Crippen LogP contribution in [-0.2, 0) is 4.79 Å². The van der Waals surface area contributed by atoms with E-state index in [1.54, 1.807) is 13.0 Å². The molecule has 0 aliphatic heterocycles. The molecule has 0 aromatic heterocycles. The van der Waals surface area contributed by atoms with E-state index in [1.165, 1.54) is 18.2 Å². The highest BCUT2D eigenvalue weighted by Gasteiger charge is 2.27. The van der Waals surface area contributed by atoms with Crippen LogP contribution in [0.2, 0.25) is 0 Å². The van der Waals surface area contributed by atoms with E-state index in [4.69, 9.17) is 5.11 Å². The topological polar surface area (TPSA) is 57.5 Å². The first-order chi connectivity index (χ1) is 7.07. The first kappa shape index (κ1) is 11.7. The van der Waals surface area contributed by atoms with Crippen LogP contribution < -0.4 is 0 Å². The van der Waals surface area contributed by atoms with Gasteiger partial charge in [-0.25, -0.2) is 9.18 Å². The predicted molar refractivity (Wildman–Crippen MR) is 53.1 cm³/mol. The molecule has 0 spiro atoms. The number of halogens is 1. The Bertz CT molecular complexity index is 351. The third-order valence-corrected chi connectivity index (χ3v) is 2.38. The fourth-order valence-electron chi connectivity index (χ4n) is 1.56. The van der Waals surface area contributed by atoms with Crippen molar-refractivity contribution in [2.24, 2.45) is 0 Å². The van der Waals surface area contributed by atoms with E-state index in [9.17, 15) is 14.3 Å². The Morgan fingerprint density at radius 1 is 1.47 bits per heavy atom. The number of hydrogen-bond acceptors (Lipinski definition) is 2. The number of rotatable bonds is 4. The molecule has 0 saturated heterocycles. The van der Waals surface area contributed by atoms with Gasteiger partial charge in [-0.2, -0.15) is 0 Å². The van der Waals surface area contributed by atoms with Crippen LogP contribution in [0.3, 0.4) is 0 Å². The zero-order valence-electron chi connectivity index (χ0n) is 8.35. The summed E-state index contributed by atoms with van der Waals surface area (Å²) in [5.41, 5.74) is 0.245. The molecule has 0 radical (unpaired) electrons. The number of hydrogen-bond donors (Lipinski definition) is 2. The Balaban J connectivity index is 3.02. The second-order valence-electron chi connectivity index (χ2n) is 3.32. The Hall–Kier alpha value is -1.42. The lowest BCUT2D eigenvalue weighted by molar-refractivity contribution is -0.147. The summed E-state index contributed by atoms with van der Waals surface area (Å²) in [5, 5.41) is 18.1. The summed E-state index contributed by atoms with van der Waals surface area (Å²) in [4.78, 5) is 10.6. The fraction of sp³-hybridized carbons (Fsp3) is 0.364. The van der Waals surface area contributed by atoms with Crippen LogP contribution in [0.5, 0.6) is 0 Å². The molecule has 82 valence electrons. The van der Waals surface area contributed by atoms with E-state index in [0.29, 0.717) is 6.42 Å². The van der Waals surface area contributed by atoms with Gasteiger partial charge in [0.05, 0.1) is 0 Å². The van der Waals surface area contributed by atoms with Gasteiger partial charge in [-0.1, -0.05) is 25.1 Å². The predicted octanol–water partition coefficient (Wildman–Crippen LogP) is 1.76. The van der Waals surface area contributed by atoms with Gasteiger partial charge < -0.3 is 10.2 Å². The highest BCUT2D eigenvalue weighted by molar-refractivity contribution is 5.73. The average Bonchev–Trinajstić information content (AvgIpc) is 2.21. The van der Waals surface area contributed by atoms with Crippen molar-refractivity contribution in [1.29, 1.82) is 0 Å². The van der Waals surface area contributed by atoms with E-state index in [-0.39, 0.29) is 5.56 Å². The van der Waals surface area contributed by atoms with Gasteiger partial charge in [0.25, 0.3) is 0 Å². The van der Waals surface area contributed by atoms with Gasteiger partial charge in [0, 0.05) is 5.92 Å². The lowest BCUT2D eigenvalue weighted by atomic mass is 9.90. The molecule has 0 amide bonds. The summed E-state index contributed by atoms with van der Waals surface area (Å²) >= 11 is 0. The summed E-state index contributed by atoms with van der Waals surface area (Å²) in [6.45, 7) is 1.71. The second-order valence-corrected chi connectivity index (χ2v) is 3.32.